The molecule has 92 valence electrons. The first kappa shape index (κ1) is 11.1. The topological polar surface area (TPSA) is 26.0 Å². The molecular formula is C15H27N. The van der Waals surface area contributed by atoms with Crippen molar-refractivity contribution in [2.24, 2.45) is 40.2 Å². The van der Waals surface area contributed by atoms with Crippen molar-refractivity contribution in [3.63, 3.8) is 0 Å². The first-order chi connectivity index (χ1) is 7.50. The quantitative estimate of drug-likeness (QED) is 0.721. The second-order valence-electron chi connectivity index (χ2n) is 7.56. The number of nitrogens with two attached hydrogens (primary N) is 1. The molecular weight excluding hydrogens is 194 g/mol. The van der Waals surface area contributed by atoms with E-state index in [-0.39, 0.29) is 0 Å². The van der Waals surface area contributed by atoms with Gasteiger partial charge in [0.15, 0.2) is 0 Å². The molecule has 3 aliphatic rings. The van der Waals surface area contributed by atoms with Gasteiger partial charge in [0.05, 0.1) is 0 Å². The fourth-order valence-electron chi connectivity index (χ4n) is 6.02. The van der Waals surface area contributed by atoms with E-state index >= 15 is 0 Å². The van der Waals surface area contributed by atoms with E-state index in [1.807, 2.05) is 0 Å². The van der Waals surface area contributed by atoms with E-state index in [1.54, 1.807) is 0 Å². The van der Waals surface area contributed by atoms with Crippen LogP contribution >= 0.6 is 0 Å². The Labute approximate surface area is 100 Å². The van der Waals surface area contributed by atoms with Gasteiger partial charge in [-0.1, -0.05) is 27.2 Å². The van der Waals surface area contributed by atoms with Crippen LogP contribution in [0.25, 0.3) is 0 Å². The largest absolute Gasteiger partial charge is 0.330 e. The zero-order valence-electron chi connectivity index (χ0n) is 11.1. The Morgan fingerprint density at radius 3 is 2.56 bits per heavy atom. The fraction of sp³-hybridized carbons (Fsp3) is 1.00. The van der Waals surface area contributed by atoms with Crippen molar-refractivity contribution in [3.8, 4) is 0 Å². The maximum Gasteiger partial charge on any atom is -0.00408 e. The van der Waals surface area contributed by atoms with Crippen molar-refractivity contribution >= 4 is 0 Å². The number of rotatable bonds is 1. The Bertz CT molecular complexity index is 296. The number of hydrogen-bond acceptors (Lipinski definition) is 1. The molecule has 0 aromatic heterocycles. The monoisotopic (exact) mass is 221 g/mol. The molecule has 2 N–H and O–H groups in total. The molecule has 0 radical (unpaired) electrons. The Balaban J connectivity index is 2.04. The molecule has 3 aliphatic carbocycles. The van der Waals surface area contributed by atoms with E-state index in [0.717, 1.165) is 30.2 Å². The van der Waals surface area contributed by atoms with Gasteiger partial charge in [0.1, 0.15) is 0 Å². The third-order valence-electron chi connectivity index (χ3n) is 6.61. The highest BCUT2D eigenvalue weighted by molar-refractivity contribution is 5.13. The molecule has 0 aromatic rings. The van der Waals surface area contributed by atoms with Crippen LogP contribution in [0.4, 0.5) is 0 Å². The number of hydrogen-bond donors (Lipinski definition) is 1. The molecule has 5 atom stereocenters. The molecule has 0 saturated heterocycles. The van der Waals surface area contributed by atoms with Crippen LogP contribution in [0.5, 0.6) is 0 Å². The molecule has 1 nitrogen and oxygen atoms in total. The van der Waals surface area contributed by atoms with Gasteiger partial charge in [-0.3, -0.25) is 0 Å². The van der Waals surface area contributed by atoms with Crippen molar-refractivity contribution in [1.82, 2.24) is 0 Å². The summed E-state index contributed by atoms with van der Waals surface area (Å²) in [5.74, 6) is 3.75. The molecule has 3 fully saturated rings. The van der Waals surface area contributed by atoms with Gasteiger partial charge in [-0.2, -0.15) is 0 Å². The molecule has 0 unspecified atom stereocenters. The van der Waals surface area contributed by atoms with Crippen molar-refractivity contribution in [1.29, 1.82) is 0 Å². The summed E-state index contributed by atoms with van der Waals surface area (Å²) in [6.45, 7) is 8.54. The summed E-state index contributed by atoms with van der Waals surface area (Å²) in [7, 11) is 0. The zero-order valence-corrected chi connectivity index (χ0v) is 11.1. The predicted molar refractivity (Wildman–Crippen MR) is 68.0 cm³/mol. The van der Waals surface area contributed by atoms with Crippen LogP contribution in [0.1, 0.15) is 52.9 Å². The summed E-state index contributed by atoms with van der Waals surface area (Å²) in [5, 5.41) is 0. The maximum absolute atomic E-state index is 6.10. The van der Waals surface area contributed by atoms with Crippen LogP contribution in [0.15, 0.2) is 0 Å². The lowest BCUT2D eigenvalue weighted by Gasteiger charge is -2.41. The van der Waals surface area contributed by atoms with Crippen LogP contribution in [0.2, 0.25) is 0 Å². The summed E-state index contributed by atoms with van der Waals surface area (Å²) in [6.07, 6.45) is 7.27. The van der Waals surface area contributed by atoms with Crippen LogP contribution in [0, 0.1) is 34.5 Å². The van der Waals surface area contributed by atoms with Crippen LogP contribution in [-0.4, -0.2) is 6.54 Å². The molecule has 1 heteroatoms. The highest BCUT2D eigenvalue weighted by Gasteiger charge is 2.64. The van der Waals surface area contributed by atoms with Crippen molar-refractivity contribution in [3.05, 3.63) is 0 Å². The van der Waals surface area contributed by atoms with Gasteiger partial charge in [0, 0.05) is 0 Å². The van der Waals surface area contributed by atoms with Crippen molar-refractivity contribution in [2.45, 2.75) is 52.9 Å². The van der Waals surface area contributed by atoms with E-state index in [0.29, 0.717) is 10.8 Å². The normalized spacial score (nSPS) is 54.0. The smallest absolute Gasteiger partial charge is 0.00408 e. The van der Waals surface area contributed by atoms with Gasteiger partial charge >= 0.3 is 0 Å². The lowest BCUT2D eigenvalue weighted by atomic mass is 9.65. The van der Waals surface area contributed by atoms with E-state index in [2.05, 4.69) is 20.8 Å². The van der Waals surface area contributed by atoms with Crippen molar-refractivity contribution < 1.29 is 0 Å². The van der Waals surface area contributed by atoms with Crippen LogP contribution in [0.3, 0.4) is 0 Å². The Hall–Kier alpha value is -0.0400. The summed E-state index contributed by atoms with van der Waals surface area (Å²) >= 11 is 0. The lowest BCUT2D eigenvalue weighted by molar-refractivity contribution is 0.0920. The third kappa shape index (κ3) is 1.16. The van der Waals surface area contributed by atoms with E-state index < -0.39 is 0 Å². The Kier molecular flexibility index (Phi) is 2.25. The summed E-state index contributed by atoms with van der Waals surface area (Å²) < 4.78 is 0. The maximum atomic E-state index is 6.10. The van der Waals surface area contributed by atoms with Crippen molar-refractivity contribution in [2.75, 3.05) is 6.54 Å². The SMILES string of the molecule is CC1(C)CCC[C@]2(C)[C@H](CN)[C@H]3CC[C@@H]2[C@H]31. The molecule has 16 heavy (non-hydrogen) atoms. The minimum atomic E-state index is 0.577. The van der Waals surface area contributed by atoms with Gasteiger partial charge in [0.2, 0.25) is 0 Å². The standard InChI is InChI=1S/C15H27N/c1-14(2)7-4-8-15(3)11-6-5-10(13(11)14)12(15)9-16/h10-13H,4-9,16H2,1-3H3/t10-,11-,12-,13+,15+/m1/s1. The average Bonchev–Trinajstić information content (AvgIpc) is 2.68. The summed E-state index contributed by atoms with van der Waals surface area (Å²) in [6, 6.07) is 0. The molecule has 3 rings (SSSR count). The van der Waals surface area contributed by atoms with E-state index in [1.165, 1.54) is 32.1 Å². The van der Waals surface area contributed by atoms with Crippen LogP contribution in [-0.2, 0) is 0 Å². The minimum absolute atomic E-state index is 0.577. The van der Waals surface area contributed by atoms with E-state index in [9.17, 15) is 0 Å². The first-order valence-corrected chi connectivity index (χ1v) is 7.21. The molecule has 0 aliphatic heterocycles. The highest BCUT2D eigenvalue weighted by atomic mass is 14.7. The van der Waals surface area contributed by atoms with Gasteiger partial charge in [-0.05, 0) is 66.7 Å². The highest BCUT2D eigenvalue weighted by Crippen LogP contribution is 2.70. The summed E-state index contributed by atoms with van der Waals surface area (Å²) in [5.41, 5.74) is 7.27. The lowest BCUT2D eigenvalue weighted by Crippen LogP contribution is -2.38. The predicted octanol–water partition coefficient (Wildman–Crippen LogP) is 3.43. The second kappa shape index (κ2) is 3.25. The Morgan fingerprint density at radius 2 is 1.88 bits per heavy atom. The average molecular weight is 221 g/mol. The molecule has 3 saturated carbocycles. The fourth-order valence-corrected chi connectivity index (χ4v) is 6.02. The minimum Gasteiger partial charge on any atom is -0.330 e. The second-order valence-corrected chi connectivity index (χ2v) is 7.56. The molecule has 0 amide bonds. The Morgan fingerprint density at radius 1 is 1.12 bits per heavy atom. The zero-order chi connectivity index (χ0) is 11.6. The van der Waals surface area contributed by atoms with Gasteiger partial charge in [-0.25, -0.2) is 0 Å². The van der Waals surface area contributed by atoms with Gasteiger partial charge in [-0.15, -0.1) is 0 Å². The molecule has 0 spiro atoms. The molecule has 0 aromatic carbocycles. The molecule has 4 bridgehead atoms. The van der Waals surface area contributed by atoms with Crippen LogP contribution < -0.4 is 5.73 Å². The summed E-state index contributed by atoms with van der Waals surface area (Å²) in [4.78, 5) is 0. The van der Waals surface area contributed by atoms with E-state index in [4.69, 9.17) is 5.73 Å². The van der Waals surface area contributed by atoms with Gasteiger partial charge < -0.3 is 5.73 Å². The van der Waals surface area contributed by atoms with Gasteiger partial charge in [0.25, 0.3) is 0 Å². The first-order valence-electron chi connectivity index (χ1n) is 7.21. The third-order valence-corrected chi connectivity index (χ3v) is 6.61. The molecule has 0 heterocycles.